The molecule has 0 fully saturated rings. The van der Waals surface area contributed by atoms with E-state index in [0.29, 0.717) is 13.0 Å². The first kappa shape index (κ1) is 14.0. The molecule has 3 N–H and O–H groups in total. The number of nitrogens with two attached hydrogens (primary N) is 1. The van der Waals surface area contributed by atoms with Crippen LogP contribution in [0.4, 0.5) is 8.78 Å². The fourth-order valence-electron chi connectivity index (χ4n) is 1.82. The zero-order chi connectivity index (χ0) is 12.8. The van der Waals surface area contributed by atoms with Gasteiger partial charge in [-0.15, -0.1) is 0 Å². The van der Waals surface area contributed by atoms with E-state index in [1.165, 1.54) is 12.1 Å². The van der Waals surface area contributed by atoms with Gasteiger partial charge in [-0.3, -0.25) is 11.3 Å². The Morgan fingerprint density at radius 3 is 2.59 bits per heavy atom. The van der Waals surface area contributed by atoms with Gasteiger partial charge in [0.25, 0.3) is 0 Å². The molecule has 0 radical (unpaired) electrons. The summed E-state index contributed by atoms with van der Waals surface area (Å²) in [5.74, 6) is 3.65. The smallest absolute Gasteiger partial charge is 0.163 e. The molecule has 5 heteroatoms. The molecule has 0 aromatic heterocycles. The summed E-state index contributed by atoms with van der Waals surface area (Å²) >= 11 is 0. The molecule has 0 aliphatic heterocycles. The van der Waals surface area contributed by atoms with E-state index in [9.17, 15) is 8.78 Å². The van der Waals surface area contributed by atoms with Gasteiger partial charge in [-0.1, -0.05) is 19.1 Å². The third kappa shape index (κ3) is 3.21. The lowest BCUT2D eigenvalue weighted by molar-refractivity contribution is 0.0303. The van der Waals surface area contributed by atoms with Crippen LogP contribution in [-0.4, -0.2) is 12.7 Å². The molecular weight excluding hydrogens is 226 g/mol. The molecule has 0 spiro atoms. The van der Waals surface area contributed by atoms with Crippen molar-refractivity contribution < 1.29 is 13.5 Å². The standard InChI is InChI=1S/C12H18F2N2O/c1-3-10(17-4-2)12(16-15)8-6-5-7-9(13)11(8)14/h5-7,10,12,16H,3-4,15H2,1-2H3. The molecule has 0 saturated carbocycles. The van der Waals surface area contributed by atoms with Crippen molar-refractivity contribution in [1.29, 1.82) is 0 Å². The molecule has 0 aliphatic rings. The summed E-state index contributed by atoms with van der Waals surface area (Å²) in [5.41, 5.74) is 2.68. The van der Waals surface area contributed by atoms with E-state index in [1.54, 1.807) is 0 Å². The van der Waals surface area contributed by atoms with Gasteiger partial charge in [0.15, 0.2) is 11.6 Å². The maximum absolute atomic E-state index is 13.6. The highest BCUT2D eigenvalue weighted by molar-refractivity contribution is 5.23. The fourth-order valence-corrected chi connectivity index (χ4v) is 1.82. The van der Waals surface area contributed by atoms with Crippen LogP contribution in [0.1, 0.15) is 31.9 Å². The second kappa shape index (κ2) is 6.64. The van der Waals surface area contributed by atoms with Crippen molar-refractivity contribution in [3.63, 3.8) is 0 Å². The number of benzene rings is 1. The Kier molecular flexibility index (Phi) is 5.47. The Hall–Kier alpha value is -1.04. The lowest BCUT2D eigenvalue weighted by Crippen LogP contribution is -2.38. The minimum Gasteiger partial charge on any atom is -0.376 e. The molecule has 0 aliphatic carbocycles. The average Bonchev–Trinajstić information content (AvgIpc) is 2.34. The van der Waals surface area contributed by atoms with Crippen LogP contribution in [0.3, 0.4) is 0 Å². The SMILES string of the molecule is CCOC(CC)C(NN)c1cccc(F)c1F. The maximum atomic E-state index is 13.6. The van der Waals surface area contributed by atoms with E-state index < -0.39 is 17.7 Å². The fraction of sp³-hybridized carbons (Fsp3) is 0.500. The minimum atomic E-state index is -0.881. The summed E-state index contributed by atoms with van der Waals surface area (Å²) < 4.78 is 32.3. The monoisotopic (exact) mass is 244 g/mol. The van der Waals surface area contributed by atoms with Crippen molar-refractivity contribution >= 4 is 0 Å². The second-order valence-electron chi connectivity index (χ2n) is 3.69. The third-order valence-electron chi connectivity index (χ3n) is 2.65. The summed E-state index contributed by atoms with van der Waals surface area (Å²) in [6, 6.07) is 3.48. The number of nitrogens with one attached hydrogen (secondary N) is 1. The second-order valence-corrected chi connectivity index (χ2v) is 3.69. The van der Waals surface area contributed by atoms with E-state index >= 15 is 0 Å². The quantitative estimate of drug-likeness (QED) is 0.596. The van der Waals surface area contributed by atoms with E-state index in [1.807, 2.05) is 13.8 Å². The van der Waals surface area contributed by atoms with Crippen LogP contribution >= 0.6 is 0 Å². The van der Waals surface area contributed by atoms with Gasteiger partial charge in [0.05, 0.1) is 12.1 Å². The highest BCUT2D eigenvalue weighted by atomic mass is 19.2. The molecule has 1 aromatic carbocycles. The third-order valence-corrected chi connectivity index (χ3v) is 2.65. The van der Waals surface area contributed by atoms with Crippen LogP contribution in [0.5, 0.6) is 0 Å². The molecule has 2 unspecified atom stereocenters. The van der Waals surface area contributed by atoms with Gasteiger partial charge in [-0.25, -0.2) is 8.78 Å². The van der Waals surface area contributed by atoms with Crippen molar-refractivity contribution in [2.75, 3.05) is 6.61 Å². The Morgan fingerprint density at radius 1 is 1.35 bits per heavy atom. The normalized spacial score (nSPS) is 14.6. The Morgan fingerprint density at radius 2 is 2.06 bits per heavy atom. The van der Waals surface area contributed by atoms with Crippen LogP contribution in [0, 0.1) is 11.6 Å². The average molecular weight is 244 g/mol. The van der Waals surface area contributed by atoms with E-state index in [-0.39, 0.29) is 11.7 Å². The highest BCUT2D eigenvalue weighted by Crippen LogP contribution is 2.24. The summed E-state index contributed by atoms with van der Waals surface area (Å²) in [5, 5.41) is 0. The molecule has 96 valence electrons. The first-order valence-electron chi connectivity index (χ1n) is 5.67. The van der Waals surface area contributed by atoms with Crippen molar-refractivity contribution in [2.45, 2.75) is 32.4 Å². The van der Waals surface area contributed by atoms with Crippen LogP contribution in [0.2, 0.25) is 0 Å². The minimum absolute atomic E-state index is 0.188. The van der Waals surface area contributed by atoms with Gasteiger partial charge in [0.1, 0.15) is 0 Å². The summed E-state index contributed by atoms with van der Waals surface area (Å²) in [6.45, 7) is 4.24. The van der Waals surface area contributed by atoms with Crippen molar-refractivity contribution in [2.24, 2.45) is 5.84 Å². The number of hydrogen-bond acceptors (Lipinski definition) is 3. The number of halogens is 2. The first-order chi connectivity index (χ1) is 8.15. The summed E-state index contributed by atoms with van der Waals surface area (Å²) in [7, 11) is 0. The van der Waals surface area contributed by atoms with Crippen molar-refractivity contribution in [1.82, 2.24) is 5.43 Å². The van der Waals surface area contributed by atoms with Gasteiger partial charge in [-0.05, 0) is 19.4 Å². The van der Waals surface area contributed by atoms with Crippen LogP contribution in [0.15, 0.2) is 18.2 Å². The molecule has 0 amide bonds. The summed E-state index contributed by atoms with van der Waals surface area (Å²) in [4.78, 5) is 0. The molecule has 0 heterocycles. The van der Waals surface area contributed by atoms with Gasteiger partial charge in [-0.2, -0.15) is 0 Å². The molecule has 17 heavy (non-hydrogen) atoms. The molecule has 0 saturated heterocycles. The van der Waals surface area contributed by atoms with Gasteiger partial charge >= 0.3 is 0 Å². The lowest BCUT2D eigenvalue weighted by Gasteiger charge is -2.26. The van der Waals surface area contributed by atoms with Gasteiger partial charge in [0.2, 0.25) is 0 Å². The van der Waals surface area contributed by atoms with Gasteiger partial charge in [0, 0.05) is 12.2 Å². The topological polar surface area (TPSA) is 47.3 Å². The molecule has 3 nitrogen and oxygen atoms in total. The Labute approximate surface area is 99.9 Å². The van der Waals surface area contributed by atoms with Crippen molar-refractivity contribution in [3.8, 4) is 0 Å². The predicted octanol–water partition coefficient (Wildman–Crippen LogP) is 2.28. The first-order valence-corrected chi connectivity index (χ1v) is 5.67. The van der Waals surface area contributed by atoms with Gasteiger partial charge < -0.3 is 4.74 Å². The molecule has 0 bridgehead atoms. The maximum Gasteiger partial charge on any atom is 0.163 e. The zero-order valence-electron chi connectivity index (χ0n) is 10.0. The molecule has 1 aromatic rings. The van der Waals surface area contributed by atoms with E-state index in [2.05, 4.69) is 5.43 Å². The summed E-state index contributed by atoms with van der Waals surface area (Å²) in [6.07, 6.45) is 0.361. The van der Waals surface area contributed by atoms with Crippen LogP contribution in [0.25, 0.3) is 0 Å². The van der Waals surface area contributed by atoms with E-state index in [0.717, 1.165) is 6.07 Å². The van der Waals surface area contributed by atoms with Crippen molar-refractivity contribution in [3.05, 3.63) is 35.4 Å². The lowest BCUT2D eigenvalue weighted by atomic mass is 9.99. The molecule has 1 rings (SSSR count). The molecule has 2 atom stereocenters. The Bertz CT molecular complexity index is 360. The number of hydrogen-bond donors (Lipinski definition) is 2. The number of hydrazine groups is 1. The molecular formula is C12H18F2N2O. The van der Waals surface area contributed by atoms with Crippen LogP contribution < -0.4 is 11.3 Å². The Balaban J connectivity index is 3.03. The van der Waals surface area contributed by atoms with E-state index in [4.69, 9.17) is 10.6 Å². The predicted molar refractivity (Wildman–Crippen MR) is 62.1 cm³/mol. The zero-order valence-corrected chi connectivity index (χ0v) is 10.0. The highest BCUT2D eigenvalue weighted by Gasteiger charge is 2.25. The number of ether oxygens (including phenoxy) is 1. The number of rotatable bonds is 6. The largest absolute Gasteiger partial charge is 0.376 e. The van der Waals surface area contributed by atoms with Crippen LogP contribution in [-0.2, 0) is 4.74 Å².